The Morgan fingerprint density at radius 1 is 1.29 bits per heavy atom. The lowest BCUT2D eigenvalue weighted by atomic mass is 10.2. The van der Waals surface area contributed by atoms with Crippen molar-refractivity contribution in [2.75, 3.05) is 0 Å². The number of rotatable bonds is 3. The Balaban J connectivity index is 1.95. The Morgan fingerprint density at radius 2 is 2.07 bits per heavy atom. The zero-order valence-corrected chi connectivity index (χ0v) is 8.52. The summed E-state index contributed by atoms with van der Waals surface area (Å²) in [6, 6.07) is 9.97. The highest BCUT2D eigenvalue weighted by molar-refractivity contribution is 7.81. The smallest absolute Gasteiger partial charge is 0.224 e. The summed E-state index contributed by atoms with van der Waals surface area (Å²) < 4.78 is 5.56. The molecular formula is C11H11NOS. The summed E-state index contributed by atoms with van der Waals surface area (Å²) in [5, 5.41) is -0.768. The van der Waals surface area contributed by atoms with Crippen LogP contribution in [-0.4, -0.2) is 11.3 Å². The third-order valence-corrected chi connectivity index (χ3v) is 2.35. The second kappa shape index (κ2) is 3.98. The van der Waals surface area contributed by atoms with E-state index in [-0.39, 0.29) is 0 Å². The summed E-state index contributed by atoms with van der Waals surface area (Å²) >= 11 is 4.30. The molecule has 1 aliphatic rings. The molecule has 0 N–H and O–H groups in total. The topological polar surface area (TPSA) is 21.6 Å². The molecule has 2 nitrogen and oxygen atoms in total. The van der Waals surface area contributed by atoms with E-state index < -0.39 is 5.06 Å². The Labute approximate surface area is 88.7 Å². The van der Waals surface area contributed by atoms with E-state index in [2.05, 4.69) is 17.6 Å². The van der Waals surface area contributed by atoms with E-state index >= 15 is 0 Å². The quantitative estimate of drug-likeness (QED) is 0.594. The summed E-state index contributed by atoms with van der Waals surface area (Å²) in [6.07, 6.45) is 5.34. The molecule has 0 bridgehead atoms. The number of thiol groups is 1. The minimum Gasteiger partial charge on any atom is -0.337 e. The fraction of sp³-hybridized carbons (Fsp3) is 0.182. The van der Waals surface area contributed by atoms with Crippen LogP contribution in [0.5, 0.6) is 0 Å². The van der Waals surface area contributed by atoms with Gasteiger partial charge in [-0.3, -0.25) is 0 Å². The number of hydrogen-bond donors (Lipinski definition) is 1. The van der Waals surface area contributed by atoms with Gasteiger partial charge >= 0.3 is 0 Å². The van der Waals surface area contributed by atoms with Gasteiger partial charge in [-0.1, -0.05) is 30.3 Å². The van der Waals surface area contributed by atoms with Gasteiger partial charge in [0.25, 0.3) is 0 Å². The summed E-state index contributed by atoms with van der Waals surface area (Å²) in [6.45, 7) is 0.520. The lowest BCUT2D eigenvalue weighted by Crippen LogP contribution is -2.17. The van der Waals surface area contributed by atoms with Crippen molar-refractivity contribution in [1.29, 1.82) is 0 Å². The zero-order valence-electron chi connectivity index (χ0n) is 7.63. The monoisotopic (exact) mass is 205 g/mol. The highest BCUT2D eigenvalue weighted by atomic mass is 32.1. The van der Waals surface area contributed by atoms with E-state index in [1.165, 1.54) is 0 Å². The molecule has 1 heterocycles. The second-order valence-electron chi connectivity index (χ2n) is 3.07. The van der Waals surface area contributed by atoms with E-state index in [1.54, 1.807) is 6.21 Å². The number of nitrogens with zero attached hydrogens (tertiary/aromatic N) is 1. The van der Waals surface area contributed by atoms with E-state index in [4.69, 9.17) is 4.74 Å². The molecule has 2 rings (SSSR count). The Kier molecular flexibility index (Phi) is 2.70. The van der Waals surface area contributed by atoms with Crippen LogP contribution in [0.1, 0.15) is 5.56 Å². The maximum atomic E-state index is 5.56. The van der Waals surface area contributed by atoms with Crippen LogP contribution in [0.15, 0.2) is 47.5 Å². The van der Waals surface area contributed by atoms with Crippen LogP contribution < -0.4 is 0 Å². The Bertz CT molecular complexity index is 347. The predicted molar refractivity (Wildman–Crippen MR) is 60.6 cm³/mol. The molecule has 1 atom stereocenters. The first kappa shape index (κ1) is 9.49. The maximum absolute atomic E-state index is 5.56. The lowest BCUT2D eigenvalue weighted by molar-refractivity contribution is 0.0564. The van der Waals surface area contributed by atoms with Crippen LogP contribution in [0.4, 0.5) is 0 Å². The summed E-state index contributed by atoms with van der Waals surface area (Å²) in [7, 11) is 0. The first-order valence-corrected chi connectivity index (χ1v) is 4.87. The van der Waals surface area contributed by atoms with Crippen molar-refractivity contribution in [2.45, 2.75) is 11.7 Å². The first-order chi connectivity index (χ1) is 6.79. The SMILES string of the molecule is SC1(OCc2ccccc2)C=CC=N1. The Hall–Kier alpha value is -1.06. The molecular weight excluding hydrogens is 194 g/mol. The molecule has 0 saturated carbocycles. The molecule has 14 heavy (non-hydrogen) atoms. The average molecular weight is 205 g/mol. The van der Waals surface area contributed by atoms with Crippen LogP contribution in [0.3, 0.4) is 0 Å². The van der Waals surface area contributed by atoms with Gasteiger partial charge in [0.2, 0.25) is 5.06 Å². The van der Waals surface area contributed by atoms with Crippen LogP contribution in [0, 0.1) is 0 Å². The molecule has 0 radical (unpaired) electrons. The summed E-state index contributed by atoms with van der Waals surface area (Å²) in [5.74, 6) is 0. The van der Waals surface area contributed by atoms with E-state index in [0.717, 1.165) is 5.56 Å². The van der Waals surface area contributed by atoms with Gasteiger partial charge in [-0.25, -0.2) is 4.99 Å². The molecule has 1 aliphatic heterocycles. The van der Waals surface area contributed by atoms with Crippen molar-refractivity contribution in [3.05, 3.63) is 48.0 Å². The molecule has 0 saturated heterocycles. The predicted octanol–water partition coefficient (Wildman–Crippen LogP) is 2.43. The van der Waals surface area contributed by atoms with Gasteiger partial charge < -0.3 is 4.74 Å². The molecule has 1 aromatic rings. The summed E-state index contributed by atoms with van der Waals surface area (Å²) in [5.41, 5.74) is 1.12. The van der Waals surface area contributed by atoms with Gasteiger partial charge in [0.1, 0.15) is 0 Å². The molecule has 0 aliphatic carbocycles. The third-order valence-electron chi connectivity index (χ3n) is 1.95. The normalized spacial score (nSPS) is 24.4. The molecule has 3 heteroatoms. The molecule has 0 spiro atoms. The molecule has 72 valence electrons. The van der Waals surface area contributed by atoms with Gasteiger partial charge in [-0.15, -0.1) is 12.6 Å². The fourth-order valence-corrected chi connectivity index (χ4v) is 1.43. The van der Waals surface area contributed by atoms with Crippen molar-refractivity contribution in [3.63, 3.8) is 0 Å². The minimum absolute atomic E-state index is 0.520. The standard InChI is InChI=1S/C11H11NOS/c14-11(7-4-8-12-11)13-9-10-5-2-1-3-6-10/h1-8,14H,9H2. The lowest BCUT2D eigenvalue weighted by Gasteiger charge is -2.17. The molecule has 0 amide bonds. The fourth-order valence-electron chi connectivity index (χ4n) is 1.21. The van der Waals surface area contributed by atoms with Gasteiger partial charge in [-0.05, 0) is 17.7 Å². The molecule has 1 aromatic carbocycles. The van der Waals surface area contributed by atoms with E-state index in [9.17, 15) is 0 Å². The number of aliphatic imine (C=N–C) groups is 1. The highest BCUT2D eigenvalue weighted by Gasteiger charge is 2.22. The van der Waals surface area contributed by atoms with Crippen molar-refractivity contribution >= 4 is 18.8 Å². The Morgan fingerprint density at radius 3 is 2.71 bits per heavy atom. The van der Waals surface area contributed by atoms with E-state index in [1.807, 2.05) is 42.5 Å². The van der Waals surface area contributed by atoms with Crippen molar-refractivity contribution < 1.29 is 4.74 Å². The summed E-state index contributed by atoms with van der Waals surface area (Å²) in [4.78, 5) is 4.09. The van der Waals surface area contributed by atoms with Crippen molar-refractivity contribution in [1.82, 2.24) is 0 Å². The minimum atomic E-state index is -0.768. The van der Waals surface area contributed by atoms with Gasteiger partial charge in [0.15, 0.2) is 0 Å². The van der Waals surface area contributed by atoms with Gasteiger partial charge in [-0.2, -0.15) is 0 Å². The van der Waals surface area contributed by atoms with Crippen LogP contribution in [-0.2, 0) is 11.3 Å². The first-order valence-electron chi connectivity index (χ1n) is 4.42. The molecule has 1 unspecified atom stereocenters. The van der Waals surface area contributed by atoms with Crippen LogP contribution >= 0.6 is 12.6 Å². The van der Waals surface area contributed by atoms with Crippen molar-refractivity contribution in [3.8, 4) is 0 Å². The van der Waals surface area contributed by atoms with Gasteiger partial charge in [0.05, 0.1) is 6.61 Å². The average Bonchev–Trinajstić information content (AvgIpc) is 2.65. The molecule has 0 aromatic heterocycles. The number of benzene rings is 1. The van der Waals surface area contributed by atoms with Crippen LogP contribution in [0.25, 0.3) is 0 Å². The highest BCUT2D eigenvalue weighted by Crippen LogP contribution is 2.24. The van der Waals surface area contributed by atoms with Crippen molar-refractivity contribution in [2.24, 2.45) is 4.99 Å². The number of hydrogen-bond acceptors (Lipinski definition) is 3. The number of ether oxygens (including phenoxy) is 1. The second-order valence-corrected chi connectivity index (χ2v) is 3.71. The van der Waals surface area contributed by atoms with Gasteiger partial charge in [0, 0.05) is 6.21 Å². The number of allylic oxidation sites excluding steroid dienone is 1. The molecule has 0 fully saturated rings. The maximum Gasteiger partial charge on any atom is 0.224 e. The van der Waals surface area contributed by atoms with Crippen LogP contribution in [0.2, 0.25) is 0 Å². The zero-order chi connectivity index (χ0) is 9.86. The van der Waals surface area contributed by atoms with E-state index in [0.29, 0.717) is 6.61 Å². The largest absolute Gasteiger partial charge is 0.337 e. The third kappa shape index (κ3) is 2.25.